The number of hydrogen-bond donors (Lipinski definition) is 2. The SMILES string of the molecule is Cc1nn(C)c(C(=O)Nc2ccc(Cl)c(C(=O)NC3CC3)c2)c1I. The van der Waals surface area contributed by atoms with E-state index in [1.54, 1.807) is 29.9 Å². The average molecular weight is 459 g/mol. The van der Waals surface area contributed by atoms with Gasteiger partial charge in [0.05, 0.1) is 19.9 Å². The number of carbonyl (C=O) groups is 2. The molecule has 2 N–H and O–H groups in total. The summed E-state index contributed by atoms with van der Waals surface area (Å²) in [5.41, 5.74) is 2.15. The van der Waals surface area contributed by atoms with Crippen LogP contribution < -0.4 is 10.6 Å². The summed E-state index contributed by atoms with van der Waals surface area (Å²) in [6, 6.07) is 5.11. The Labute approximate surface area is 158 Å². The van der Waals surface area contributed by atoms with Crippen LogP contribution in [-0.2, 0) is 7.05 Å². The van der Waals surface area contributed by atoms with Crippen LogP contribution in [-0.4, -0.2) is 27.6 Å². The number of rotatable bonds is 4. The Morgan fingerprint density at radius 2 is 2.04 bits per heavy atom. The highest BCUT2D eigenvalue weighted by Gasteiger charge is 2.25. The van der Waals surface area contributed by atoms with Crippen molar-refractivity contribution < 1.29 is 9.59 Å². The summed E-state index contributed by atoms with van der Waals surface area (Å²) in [5.74, 6) is -0.497. The third kappa shape index (κ3) is 3.56. The van der Waals surface area contributed by atoms with Gasteiger partial charge in [0.15, 0.2) is 0 Å². The molecule has 24 heavy (non-hydrogen) atoms. The fraction of sp³-hybridized carbons (Fsp3) is 0.312. The fourth-order valence-electron chi connectivity index (χ4n) is 2.34. The molecule has 1 aromatic carbocycles. The summed E-state index contributed by atoms with van der Waals surface area (Å²) in [6.07, 6.45) is 2.00. The molecular weight excluding hydrogens is 443 g/mol. The molecule has 0 bridgehead atoms. The van der Waals surface area contributed by atoms with E-state index in [0.29, 0.717) is 22.0 Å². The smallest absolute Gasteiger partial charge is 0.275 e. The number of anilines is 1. The molecule has 0 spiro atoms. The van der Waals surface area contributed by atoms with Crippen LogP contribution in [0.5, 0.6) is 0 Å². The summed E-state index contributed by atoms with van der Waals surface area (Å²) in [7, 11) is 1.72. The van der Waals surface area contributed by atoms with Crippen LogP contribution in [0, 0.1) is 10.5 Å². The van der Waals surface area contributed by atoms with Crippen molar-refractivity contribution >= 4 is 51.7 Å². The van der Waals surface area contributed by atoms with Crippen molar-refractivity contribution in [1.82, 2.24) is 15.1 Å². The maximum atomic E-state index is 12.5. The summed E-state index contributed by atoms with van der Waals surface area (Å²) in [6.45, 7) is 1.85. The molecule has 1 aliphatic rings. The number of nitrogens with zero attached hydrogens (tertiary/aromatic N) is 2. The highest BCUT2D eigenvalue weighted by atomic mass is 127. The van der Waals surface area contributed by atoms with Crippen LogP contribution in [0.2, 0.25) is 5.02 Å². The molecule has 6 nitrogen and oxygen atoms in total. The van der Waals surface area contributed by atoms with E-state index in [1.165, 1.54) is 0 Å². The third-order valence-corrected chi connectivity index (χ3v) is 5.37. The Morgan fingerprint density at radius 3 is 2.62 bits per heavy atom. The topological polar surface area (TPSA) is 76.0 Å². The summed E-state index contributed by atoms with van der Waals surface area (Å²) in [5, 5.41) is 10.3. The predicted molar refractivity (Wildman–Crippen MR) is 101 cm³/mol. The van der Waals surface area contributed by atoms with Crippen LogP contribution >= 0.6 is 34.2 Å². The fourth-order valence-corrected chi connectivity index (χ4v) is 3.24. The zero-order valence-electron chi connectivity index (χ0n) is 13.2. The van der Waals surface area contributed by atoms with Gasteiger partial charge in [-0.25, -0.2) is 0 Å². The van der Waals surface area contributed by atoms with Crippen molar-refractivity contribution in [2.45, 2.75) is 25.8 Å². The lowest BCUT2D eigenvalue weighted by Gasteiger charge is -2.10. The molecule has 0 atom stereocenters. The third-order valence-electron chi connectivity index (χ3n) is 3.75. The molecule has 2 aromatic rings. The molecule has 0 radical (unpaired) electrons. The van der Waals surface area contributed by atoms with Crippen molar-refractivity contribution in [3.8, 4) is 0 Å². The quantitative estimate of drug-likeness (QED) is 0.691. The van der Waals surface area contributed by atoms with Crippen molar-refractivity contribution in [2.75, 3.05) is 5.32 Å². The molecule has 8 heteroatoms. The predicted octanol–water partition coefficient (Wildman–Crippen LogP) is 3.13. The number of benzene rings is 1. The van der Waals surface area contributed by atoms with Gasteiger partial charge in [0.1, 0.15) is 5.69 Å². The highest BCUT2D eigenvalue weighted by Crippen LogP contribution is 2.24. The van der Waals surface area contributed by atoms with E-state index in [4.69, 9.17) is 11.6 Å². The number of halogens is 2. The molecule has 1 aliphatic carbocycles. The summed E-state index contributed by atoms with van der Waals surface area (Å²) >= 11 is 8.21. The number of nitrogens with one attached hydrogen (secondary N) is 2. The van der Waals surface area contributed by atoms with Crippen molar-refractivity contribution in [2.24, 2.45) is 7.05 Å². The van der Waals surface area contributed by atoms with Gasteiger partial charge in [-0.1, -0.05) is 11.6 Å². The molecule has 126 valence electrons. The Hall–Kier alpha value is -1.61. The van der Waals surface area contributed by atoms with Gasteiger partial charge < -0.3 is 10.6 Å². The number of hydrogen-bond acceptors (Lipinski definition) is 3. The lowest BCUT2D eigenvalue weighted by molar-refractivity contribution is 0.0949. The van der Waals surface area contributed by atoms with Crippen molar-refractivity contribution in [3.05, 3.63) is 43.7 Å². The lowest BCUT2D eigenvalue weighted by atomic mass is 10.1. The standard InChI is InChI=1S/C16H16ClIN4O2/c1-8-13(18)14(22(2)21-8)16(24)20-10-5-6-12(17)11(7-10)15(23)19-9-3-4-9/h5-7,9H,3-4H2,1-2H3,(H,19,23)(H,20,24). The summed E-state index contributed by atoms with van der Waals surface area (Å²) in [4.78, 5) is 24.7. The van der Waals surface area contributed by atoms with Crippen LogP contribution in [0.25, 0.3) is 0 Å². The van der Waals surface area contributed by atoms with Gasteiger partial charge in [-0.2, -0.15) is 5.10 Å². The van der Waals surface area contributed by atoms with Crippen LogP contribution in [0.4, 0.5) is 5.69 Å². The van der Waals surface area contributed by atoms with Gasteiger partial charge in [0.25, 0.3) is 11.8 Å². The van der Waals surface area contributed by atoms with E-state index in [0.717, 1.165) is 22.1 Å². The van der Waals surface area contributed by atoms with E-state index >= 15 is 0 Å². The van der Waals surface area contributed by atoms with Crippen molar-refractivity contribution in [1.29, 1.82) is 0 Å². The van der Waals surface area contributed by atoms with Crippen molar-refractivity contribution in [3.63, 3.8) is 0 Å². The minimum Gasteiger partial charge on any atom is -0.349 e. The second-order valence-corrected chi connectivity index (χ2v) is 7.25. The largest absolute Gasteiger partial charge is 0.349 e. The molecule has 0 aliphatic heterocycles. The van der Waals surface area contributed by atoms with Gasteiger partial charge >= 0.3 is 0 Å². The minimum atomic E-state index is -0.279. The molecule has 0 unspecified atom stereocenters. The van der Waals surface area contributed by atoms with E-state index in [-0.39, 0.29) is 17.9 Å². The first-order chi connectivity index (χ1) is 11.4. The highest BCUT2D eigenvalue weighted by molar-refractivity contribution is 14.1. The number of aryl methyl sites for hydroxylation is 2. The normalized spacial score (nSPS) is 13.7. The van der Waals surface area contributed by atoms with Crippen LogP contribution in [0.15, 0.2) is 18.2 Å². The summed E-state index contributed by atoms with van der Waals surface area (Å²) < 4.78 is 2.34. The van der Waals surface area contributed by atoms with E-state index < -0.39 is 0 Å². The van der Waals surface area contributed by atoms with E-state index in [2.05, 4.69) is 38.3 Å². The molecule has 2 amide bonds. The Morgan fingerprint density at radius 1 is 1.33 bits per heavy atom. The second kappa shape index (κ2) is 6.72. The number of amides is 2. The number of aromatic nitrogens is 2. The van der Waals surface area contributed by atoms with Gasteiger partial charge in [-0.05, 0) is 60.6 Å². The molecule has 1 heterocycles. The maximum absolute atomic E-state index is 12.5. The lowest BCUT2D eigenvalue weighted by Crippen LogP contribution is -2.26. The zero-order chi connectivity index (χ0) is 17.4. The second-order valence-electron chi connectivity index (χ2n) is 5.77. The average Bonchev–Trinajstić information content (AvgIpc) is 3.28. The van der Waals surface area contributed by atoms with Gasteiger partial charge in [-0.3, -0.25) is 14.3 Å². The van der Waals surface area contributed by atoms with E-state index in [9.17, 15) is 9.59 Å². The molecular formula is C16H16ClIN4O2. The van der Waals surface area contributed by atoms with Gasteiger partial charge in [-0.15, -0.1) is 0 Å². The molecule has 1 aromatic heterocycles. The molecule has 1 fully saturated rings. The van der Waals surface area contributed by atoms with Gasteiger partial charge in [0, 0.05) is 18.8 Å². The Kier molecular flexibility index (Phi) is 4.82. The first-order valence-corrected chi connectivity index (χ1v) is 8.93. The zero-order valence-corrected chi connectivity index (χ0v) is 16.1. The Balaban J connectivity index is 1.82. The van der Waals surface area contributed by atoms with Gasteiger partial charge in [0.2, 0.25) is 0 Å². The minimum absolute atomic E-state index is 0.218. The molecule has 0 saturated heterocycles. The molecule has 1 saturated carbocycles. The monoisotopic (exact) mass is 458 g/mol. The first-order valence-electron chi connectivity index (χ1n) is 7.47. The van der Waals surface area contributed by atoms with E-state index in [1.807, 2.05) is 6.92 Å². The van der Waals surface area contributed by atoms with Crippen LogP contribution in [0.3, 0.4) is 0 Å². The first kappa shape index (κ1) is 17.2. The Bertz CT molecular complexity index is 830. The maximum Gasteiger partial charge on any atom is 0.275 e. The molecule has 3 rings (SSSR count). The van der Waals surface area contributed by atoms with Crippen LogP contribution in [0.1, 0.15) is 39.4 Å². The number of carbonyl (C=O) groups excluding carboxylic acids is 2.